The van der Waals surface area contributed by atoms with Gasteiger partial charge in [0.25, 0.3) is 11.6 Å². The number of carbonyl (C=O) groups is 1. The van der Waals surface area contributed by atoms with E-state index in [4.69, 9.17) is 0 Å². The summed E-state index contributed by atoms with van der Waals surface area (Å²) in [6.45, 7) is 3.71. The largest absolute Gasteiger partial charge is 0.374 e. The van der Waals surface area contributed by atoms with Gasteiger partial charge in [-0.15, -0.1) is 0 Å². The van der Waals surface area contributed by atoms with Gasteiger partial charge in [0.2, 0.25) is 0 Å². The van der Waals surface area contributed by atoms with Crippen molar-refractivity contribution in [3.8, 4) is 0 Å². The maximum Gasteiger partial charge on any atom is 0.270 e. The van der Waals surface area contributed by atoms with Crippen LogP contribution in [0.4, 0.5) is 11.4 Å². The van der Waals surface area contributed by atoms with Crippen LogP contribution in [-0.4, -0.2) is 23.1 Å². The van der Waals surface area contributed by atoms with Crippen molar-refractivity contribution in [1.82, 2.24) is 5.43 Å². The minimum Gasteiger partial charge on any atom is -0.374 e. The van der Waals surface area contributed by atoms with E-state index in [1.807, 2.05) is 31.2 Å². The Kier molecular flexibility index (Phi) is 5.62. The van der Waals surface area contributed by atoms with Gasteiger partial charge in [-0.25, -0.2) is 5.43 Å². The second kappa shape index (κ2) is 7.87. The molecule has 24 heavy (non-hydrogen) atoms. The molecule has 0 aliphatic rings. The van der Waals surface area contributed by atoms with Crippen molar-refractivity contribution in [3.63, 3.8) is 0 Å². The molecule has 2 N–H and O–H groups in total. The summed E-state index contributed by atoms with van der Waals surface area (Å²) >= 11 is 0. The van der Waals surface area contributed by atoms with Crippen molar-refractivity contribution in [3.05, 3.63) is 69.8 Å². The average molecular weight is 326 g/mol. The van der Waals surface area contributed by atoms with Gasteiger partial charge in [0.15, 0.2) is 0 Å². The number of nitro groups is 1. The molecule has 7 nitrogen and oxygen atoms in total. The fourth-order valence-corrected chi connectivity index (χ4v) is 1.95. The molecule has 0 heterocycles. The first-order valence-corrected chi connectivity index (χ1v) is 7.36. The lowest BCUT2D eigenvalue weighted by Crippen LogP contribution is -2.34. The molecule has 0 spiro atoms. The zero-order chi connectivity index (χ0) is 17.5. The van der Waals surface area contributed by atoms with E-state index < -0.39 is 11.0 Å². The molecule has 0 saturated carbocycles. The maximum absolute atomic E-state index is 12.0. The van der Waals surface area contributed by atoms with Crippen LogP contribution >= 0.6 is 0 Å². The number of hydrogen-bond acceptors (Lipinski definition) is 5. The summed E-state index contributed by atoms with van der Waals surface area (Å²) in [4.78, 5) is 22.2. The molecule has 1 unspecified atom stereocenters. The Bertz CT molecular complexity index is 757. The predicted octanol–water partition coefficient (Wildman–Crippen LogP) is 2.85. The van der Waals surface area contributed by atoms with Gasteiger partial charge in [-0.2, -0.15) is 5.10 Å². The number of nitro benzene ring substituents is 1. The first-order chi connectivity index (χ1) is 11.5. The van der Waals surface area contributed by atoms with Crippen molar-refractivity contribution in [2.45, 2.75) is 19.9 Å². The Morgan fingerprint density at radius 2 is 1.96 bits per heavy atom. The molecule has 1 amide bonds. The molecule has 0 radical (unpaired) electrons. The molecule has 2 aromatic carbocycles. The molecule has 0 aliphatic heterocycles. The second-order valence-electron chi connectivity index (χ2n) is 5.32. The van der Waals surface area contributed by atoms with Crippen LogP contribution in [0.3, 0.4) is 0 Å². The summed E-state index contributed by atoms with van der Waals surface area (Å²) in [5, 5.41) is 17.6. The Morgan fingerprint density at radius 1 is 1.25 bits per heavy atom. The topological polar surface area (TPSA) is 96.6 Å². The molecule has 0 fully saturated rings. The Balaban J connectivity index is 1.90. The number of carbonyl (C=O) groups excluding carboxylic acids is 1. The molecule has 124 valence electrons. The third kappa shape index (κ3) is 4.91. The van der Waals surface area contributed by atoms with Crippen LogP contribution in [0.5, 0.6) is 0 Å². The Hall–Kier alpha value is -3.22. The smallest absolute Gasteiger partial charge is 0.270 e. The zero-order valence-corrected chi connectivity index (χ0v) is 13.4. The standard InChI is InChI=1S/C17H18N4O3/c1-12-6-8-15(9-7-12)19-13(2)17(22)20-18-11-14-4-3-5-16(10-14)21(23)24/h3-11,13,19H,1-2H3,(H,20,22). The van der Waals surface area contributed by atoms with Crippen LogP contribution in [0.25, 0.3) is 0 Å². The monoisotopic (exact) mass is 326 g/mol. The van der Waals surface area contributed by atoms with Crippen LogP contribution < -0.4 is 10.7 Å². The van der Waals surface area contributed by atoms with Crippen molar-refractivity contribution in [2.24, 2.45) is 5.10 Å². The quantitative estimate of drug-likeness (QED) is 0.484. The van der Waals surface area contributed by atoms with E-state index in [9.17, 15) is 14.9 Å². The fourth-order valence-electron chi connectivity index (χ4n) is 1.95. The number of amides is 1. The van der Waals surface area contributed by atoms with Crippen LogP contribution in [0.2, 0.25) is 0 Å². The molecule has 1 atom stereocenters. The molecule has 2 rings (SSSR count). The normalized spacial score (nSPS) is 11.9. The molecule has 0 aliphatic carbocycles. The highest BCUT2D eigenvalue weighted by Gasteiger charge is 2.11. The number of hydrogen-bond donors (Lipinski definition) is 2. The summed E-state index contributed by atoms with van der Waals surface area (Å²) in [6.07, 6.45) is 1.36. The van der Waals surface area contributed by atoms with E-state index in [-0.39, 0.29) is 11.6 Å². The minimum atomic E-state index is -0.483. The first kappa shape index (κ1) is 17.1. The number of nitrogens with one attached hydrogen (secondary N) is 2. The van der Waals surface area contributed by atoms with Crippen LogP contribution in [-0.2, 0) is 4.79 Å². The van der Waals surface area contributed by atoms with E-state index in [1.165, 1.54) is 18.3 Å². The lowest BCUT2D eigenvalue weighted by atomic mass is 10.2. The minimum absolute atomic E-state index is 0.0281. The van der Waals surface area contributed by atoms with Gasteiger partial charge in [0.1, 0.15) is 6.04 Å². The number of benzene rings is 2. The first-order valence-electron chi connectivity index (χ1n) is 7.36. The van der Waals surface area contributed by atoms with Crippen molar-refractivity contribution in [1.29, 1.82) is 0 Å². The number of non-ortho nitro benzene ring substituents is 1. The van der Waals surface area contributed by atoms with Crippen LogP contribution in [0, 0.1) is 17.0 Å². The van der Waals surface area contributed by atoms with Crippen molar-refractivity contribution >= 4 is 23.5 Å². The number of hydrazone groups is 1. The molecule has 0 aromatic heterocycles. The van der Waals surface area contributed by atoms with Gasteiger partial charge in [0.05, 0.1) is 11.1 Å². The number of rotatable bonds is 6. The fraction of sp³-hybridized carbons (Fsp3) is 0.176. The third-order valence-corrected chi connectivity index (χ3v) is 3.30. The van der Waals surface area contributed by atoms with Gasteiger partial charge in [-0.1, -0.05) is 29.8 Å². The third-order valence-electron chi connectivity index (χ3n) is 3.30. The Morgan fingerprint density at radius 3 is 2.62 bits per heavy atom. The van der Waals surface area contributed by atoms with Gasteiger partial charge < -0.3 is 5.32 Å². The predicted molar refractivity (Wildman–Crippen MR) is 93.1 cm³/mol. The summed E-state index contributed by atoms with van der Waals surface area (Å²) in [6, 6.07) is 13.2. The highest BCUT2D eigenvalue weighted by Crippen LogP contribution is 2.12. The molecule has 2 aromatic rings. The summed E-state index contributed by atoms with van der Waals surface area (Å²) in [7, 11) is 0. The van der Waals surface area contributed by atoms with E-state index in [1.54, 1.807) is 19.1 Å². The zero-order valence-electron chi connectivity index (χ0n) is 13.4. The number of aryl methyl sites for hydroxylation is 1. The SMILES string of the molecule is Cc1ccc(NC(C)C(=O)NN=Cc2cccc([N+](=O)[O-])c2)cc1. The second-order valence-corrected chi connectivity index (χ2v) is 5.32. The summed E-state index contributed by atoms with van der Waals surface area (Å²) in [5.41, 5.74) is 4.89. The van der Waals surface area contributed by atoms with Gasteiger partial charge >= 0.3 is 0 Å². The van der Waals surface area contributed by atoms with E-state index in [0.29, 0.717) is 5.56 Å². The van der Waals surface area contributed by atoms with Crippen molar-refractivity contribution < 1.29 is 9.72 Å². The average Bonchev–Trinajstić information content (AvgIpc) is 2.57. The number of anilines is 1. The lowest BCUT2D eigenvalue weighted by molar-refractivity contribution is -0.384. The van der Waals surface area contributed by atoms with E-state index >= 15 is 0 Å². The van der Waals surface area contributed by atoms with Gasteiger partial charge in [-0.05, 0) is 26.0 Å². The maximum atomic E-state index is 12.0. The van der Waals surface area contributed by atoms with Gasteiger partial charge in [-0.3, -0.25) is 14.9 Å². The summed E-state index contributed by atoms with van der Waals surface area (Å²) < 4.78 is 0. The number of nitrogens with zero attached hydrogens (tertiary/aromatic N) is 2. The van der Waals surface area contributed by atoms with Gasteiger partial charge in [0, 0.05) is 23.4 Å². The van der Waals surface area contributed by atoms with E-state index in [0.717, 1.165) is 11.3 Å². The highest BCUT2D eigenvalue weighted by atomic mass is 16.6. The van der Waals surface area contributed by atoms with Crippen LogP contribution in [0.15, 0.2) is 53.6 Å². The highest BCUT2D eigenvalue weighted by molar-refractivity contribution is 5.86. The van der Waals surface area contributed by atoms with Crippen molar-refractivity contribution in [2.75, 3.05) is 5.32 Å². The molecular weight excluding hydrogens is 308 g/mol. The summed E-state index contributed by atoms with van der Waals surface area (Å²) in [5.74, 6) is -0.308. The van der Waals surface area contributed by atoms with E-state index in [2.05, 4.69) is 15.8 Å². The molecular formula is C17H18N4O3. The molecule has 0 bridgehead atoms. The molecule has 7 heteroatoms. The lowest BCUT2D eigenvalue weighted by Gasteiger charge is -2.13. The van der Waals surface area contributed by atoms with Crippen LogP contribution in [0.1, 0.15) is 18.1 Å². The Labute approximate surface area is 139 Å². The molecule has 0 saturated heterocycles.